The Kier molecular flexibility index (Phi) is 4.05. The fraction of sp³-hybridized carbons (Fsp3) is 0.611. The quantitative estimate of drug-likeness (QED) is 0.725. The second-order valence-corrected chi connectivity index (χ2v) is 11.5. The molecule has 0 spiro atoms. The van der Waals surface area contributed by atoms with Gasteiger partial charge < -0.3 is 5.32 Å². The van der Waals surface area contributed by atoms with Gasteiger partial charge in [-0.2, -0.15) is 0 Å². The van der Waals surface area contributed by atoms with Gasteiger partial charge >= 0.3 is 0 Å². The van der Waals surface area contributed by atoms with E-state index in [2.05, 4.69) is 21.2 Å². The predicted molar refractivity (Wildman–Crippen MR) is 98.4 cm³/mol. The van der Waals surface area contributed by atoms with Crippen molar-refractivity contribution < 1.29 is 13.2 Å². The van der Waals surface area contributed by atoms with Gasteiger partial charge in [0.2, 0.25) is 15.9 Å². The number of nitrogens with two attached hydrogens (primary N) is 1. The largest absolute Gasteiger partial charge is 0.352 e. The molecule has 4 aliphatic rings. The summed E-state index contributed by atoms with van der Waals surface area (Å²) in [6.07, 6.45) is 6.63. The number of carbonyl (C=O) groups excluding carboxylic acids is 1. The number of hydrogen-bond acceptors (Lipinski definition) is 3. The number of amides is 1. The maximum absolute atomic E-state index is 13.0. The number of carbonyl (C=O) groups is 1. The van der Waals surface area contributed by atoms with E-state index in [-0.39, 0.29) is 20.5 Å². The lowest BCUT2D eigenvalue weighted by Gasteiger charge is -2.59. The zero-order valence-corrected chi connectivity index (χ0v) is 16.4. The summed E-state index contributed by atoms with van der Waals surface area (Å²) in [6, 6.07) is 6.36. The van der Waals surface area contributed by atoms with E-state index in [1.807, 2.05) is 0 Å². The fourth-order valence-corrected chi connectivity index (χ4v) is 7.55. The van der Waals surface area contributed by atoms with Crippen LogP contribution < -0.4 is 10.5 Å². The molecule has 0 saturated heterocycles. The molecular formula is C18H23BrN2O3S. The van der Waals surface area contributed by atoms with Crippen molar-refractivity contribution in [2.75, 3.05) is 0 Å². The Labute approximate surface area is 156 Å². The van der Waals surface area contributed by atoms with E-state index in [4.69, 9.17) is 5.14 Å². The van der Waals surface area contributed by atoms with Crippen LogP contribution in [0.25, 0.3) is 0 Å². The van der Waals surface area contributed by atoms with Crippen LogP contribution in [0, 0.1) is 17.3 Å². The molecule has 3 N–H and O–H groups in total. The summed E-state index contributed by atoms with van der Waals surface area (Å²) in [7, 11) is -3.68. The molecule has 5 nitrogen and oxygen atoms in total. The van der Waals surface area contributed by atoms with Crippen LogP contribution in [-0.2, 0) is 21.4 Å². The van der Waals surface area contributed by atoms with Crippen LogP contribution in [0.15, 0.2) is 29.2 Å². The minimum Gasteiger partial charge on any atom is -0.352 e. The standard InChI is InChI=1S/C18H23BrN2O3S/c19-18-8-13-5-14(9-18)7-17(6-13,11-18)16(22)21-10-12-1-3-15(4-2-12)25(20,23)24/h1-4,13-14H,5-11H2,(H,21,22)(H2,20,23,24). The first-order valence-corrected chi connectivity index (χ1v) is 11.1. The van der Waals surface area contributed by atoms with Crippen molar-refractivity contribution in [3.63, 3.8) is 0 Å². The summed E-state index contributed by atoms with van der Waals surface area (Å²) in [5.74, 6) is 1.49. The molecular weight excluding hydrogens is 404 g/mol. The lowest BCUT2D eigenvalue weighted by Crippen LogP contribution is -2.58. The zero-order valence-electron chi connectivity index (χ0n) is 14.0. The summed E-state index contributed by atoms with van der Waals surface area (Å²) < 4.78 is 22.8. The van der Waals surface area contributed by atoms with E-state index < -0.39 is 10.0 Å². The average Bonchev–Trinajstić information content (AvgIpc) is 2.49. The van der Waals surface area contributed by atoms with Crippen molar-refractivity contribution in [2.45, 2.75) is 54.3 Å². The van der Waals surface area contributed by atoms with Gasteiger partial charge in [-0.25, -0.2) is 13.6 Å². The number of nitrogens with one attached hydrogen (secondary N) is 1. The Bertz CT molecular complexity index is 792. The molecule has 0 heterocycles. The average molecular weight is 427 g/mol. The van der Waals surface area contributed by atoms with Gasteiger partial charge in [-0.15, -0.1) is 0 Å². The second-order valence-electron chi connectivity index (χ2n) is 8.26. The number of halogens is 1. The van der Waals surface area contributed by atoms with Crippen molar-refractivity contribution in [1.29, 1.82) is 0 Å². The second kappa shape index (κ2) is 5.79. The Balaban J connectivity index is 1.44. The Morgan fingerprint density at radius 3 is 2.28 bits per heavy atom. The van der Waals surface area contributed by atoms with Crippen molar-refractivity contribution in [3.05, 3.63) is 29.8 Å². The molecule has 2 atom stereocenters. The van der Waals surface area contributed by atoms with Gasteiger partial charge in [0.1, 0.15) is 0 Å². The van der Waals surface area contributed by atoms with Crippen molar-refractivity contribution in [2.24, 2.45) is 22.4 Å². The molecule has 4 bridgehead atoms. The number of rotatable bonds is 4. The number of alkyl halides is 1. The summed E-state index contributed by atoms with van der Waals surface area (Å²) in [5.41, 5.74) is 0.646. The molecule has 1 aromatic carbocycles. The van der Waals surface area contributed by atoms with E-state index in [1.165, 1.54) is 31.4 Å². The van der Waals surface area contributed by atoms with Crippen molar-refractivity contribution in [1.82, 2.24) is 5.32 Å². The molecule has 2 unspecified atom stereocenters. The summed E-state index contributed by atoms with van der Waals surface area (Å²) in [5, 5.41) is 8.20. The molecule has 25 heavy (non-hydrogen) atoms. The summed E-state index contributed by atoms with van der Waals surface area (Å²) in [6.45, 7) is 0.413. The molecule has 0 radical (unpaired) electrons. The van der Waals surface area contributed by atoms with E-state index in [0.29, 0.717) is 18.4 Å². The summed E-state index contributed by atoms with van der Waals surface area (Å²) in [4.78, 5) is 13.1. The number of hydrogen-bond donors (Lipinski definition) is 2. The number of sulfonamides is 1. The highest BCUT2D eigenvalue weighted by molar-refractivity contribution is 9.10. The lowest BCUT2D eigenvalue weighted by atomic mass is 9.49. The monoisotopic (exact) mass is 426 g/mol. The van der Waals surface area contributed by atoms with Gasteiger partial charge in [0.15, 0.2) is 0 Å². The highest BCUT2D eigenvalue weighted by Gasteiger charge is 2.59. The van der Waals surface area contributed by atoms with Crippen LogP contribution in [0.1, 0.15) is 44.1 Å². The maximum atomic E-state index is 13.0. The van der Waals surface area contributed by atoms with Gasteiger partial charge in [0, 0.05) is 10.9 Å². The number of primary sulfonamides is 1. The van der Waals surface area contributed by atoms with E-state index in [9.17, 15) is 13.2 Å². The first-order chi connectivity index (χ1) is 11.7. The Morgan fingerprint density at radius 2 is 1.76 bits per heavy atom. The lowest BCUT2D eigenvalue weighted by molar-refractivity contribution is -0.144. The predicted octanol–water partition coefficient (Wildman–Crippen LogP) is 2.68. The van der Waals surface area contributed by atoms with Crippen LogP contribution in [-0.4, -0.2) is 18.6 Å². The molecule has 136 valence electrons. The van der Waals surface area contributed by atoms with E-state index in [1.54, 1.807) is 12.1 Å². The highest BCUT2D eigenvalue weighted by Crippen LogP contribution is 2.64. The normalized spacial score (nSPS) is 36.4. The Morgan fingerprint density at radius 1 is 1.16 bits per heavy atom. The number of benzene rings is 1. The van der Waals surface area contributed by atoms with Gasteiger partial charge in [0.25, 0.3) is 0 Å². The zero-order chi connectivity index (χ0) is 17.9. The first kappa shape index (κ1) is 17.5. The summed E-state index contributed by atoms with van der Waals surface area (Å²) >= 11 is 3.93. The van der Waals surface area contributed by atoms with E-state index in [0.717, 1.165) is 24.8 Å². The first-order valence-electron chi connectivity index (χ1n) is 8.77. The van der Waals surface area contributed by atoms with Crippen molar-refractivity contribution in [3.8, 4) is 0 Å². The van der Waals surface area contributed by atoms with Crippen LogP contribution in [0.3, 0.4) is 0 Å². The smallest absolute Gasteiger partial charge is 0.238 e. The van der Waals surface area contributed by atoms with Gasteiger partial charge in [-0.1, -0.05) is 28.1 Å². The SMILES string of the molecule is NS(=O)(=O)c1ccc(CNC(=O)C23CC4CC(CC(Br)(C4)C2)C3)cc1. The van der Waals surface area contributed by atoms with Crippen LogP contribution in [0.4, 0.5) is 0 Å². The van der Waals surface area contributed by atoms with Crippen LogP contribution in [0.5, 0.6) is 0 Å². The van der Waals surface area contributed by atoms with Gasteiger partial charge in [-0.05, 0) is 68.1 Å². The molecule has 4 fully saturated rings. The fourth-order valence-electron chi connectivity index (χ4n) is 5.58. The minimum atomic E-state index is -3.68. The Hall–Kier alpha value is -0.920. The van der Waals surface area contributed by atoms with Crippen LogP contribution in [0.2, 0.25) is 0 Å². The van der Waals surface area contributed by atoms with Gasteiger partial charge in [-0.3, -0.25) is 4.79 Å². The third-order valence-electron chi connectivity index (χ3n) is 6.18. The third kappa shape index (κ3) is 3.26. The molecule has 4 saturated carbocycles. The molecule has 5 rings (SSSR count). The molecule has 0 aliphatic heterocycles. The third-order valence-corrected chi connectivity index (χ3v) is 8.03. The molecule has 4 aliphatic carbocycles. The van der Waals surface area contributed by atoms with Crippen molar-refractivity contribution >= 4 is 31.9 Å². The molecule has 0 aromatic heterocycles. The topological polar surface area (TPSA) is 89.3 Å². The minimum absolute atomic E-state index is 0.0879. The highest BCUT2D eigenvalue weighted by atomic mass is 79.9. The molecule has 7 heteroatoms. The van der Waals surface area contributed by atoms with Crippen LogP contribution >= 0.6 is 15.9 Å². The molecule has 1 amide bonds. The van der Waals surface area contributed by atoms with E-state index >= 15 is 0 Å². The molecule has 1 aromatic rings. The van der Waals surface area contributed by atoms with Gasteiger partial charge in [0.05, 0.1) is 10.3 Å². The maximum Gasteiger partial charge on any atom is 0.238 e.